The fourth-order valence-electron chi connectivity index (χ4n) is 3.96. The fraction of sp³-hybridized carbons (Fsp3) is 0.200. The summed E-state index contributed by atoms with van der Waals surface area (Å²) in [5, 5.41) is 4.36. The Morgan fingerprint density at radius 1 is 1.03 bits per heavy atom. The summed E-state index contributed by atoms with van der Waals surface area (Å²) in [6, 6.07) is 3.04. The fourth-order valence-corrected chi connectivity index (χ4v) is 3.96. The molecule has 3 heterocycles. The highest BCUT2D eigenvalue weighted by Crippen LogP contribution is 2.41. The molecule has 2 atom stereocenters. The summed E-state index contributed by atoms with van der Waals surface area (Å²) >= 11 is 0. The minimum Gasteiger partial charge on any atom is -0.360 e. The van der Waals surface area contributed by atoms with Gasteiger partial charge in [-0.25, -0.2) is 8.78 Å². The van der Waals surface area contributed by atoms with Gasteiger partial charge >= 0.3 is 6.18 Å². The smallest absolute Gasteiger partial charge is 0.360 e. The van der Waals surface area contributed by atoms with E-state index in [4.69, 9.17) is 0 Å². The molecule has 5 rings (SSSR count). The third kappa shape index (κ3) is 2.64. The van der Waals surface area contributed by atoms with Gasteiger partial charge in [-0.3, -0.25) is 4.99 Å². The summed E-state index contributed by atoms with van der Waals surface area (Å²) in [7, 11) is 0. The Labute approximate surface area is 161 Å². The van der Waals surface area contributed by atoms with E-state index in [1.807, 2.05) is 0 Å². The van der Waals surface area contributed by atoms with Gasteiger partial charge in [-0.2, -0.15) is 18.3 Å². The first-order valence-electron chi connectivity index (χ1n) is 8.79. The maximum absolute atomic E-state index is 14.7. The number of aromatic amines is 1. The molecule has 2 aromatic carbocycles. The number of rotatable bonds is 1. The zero-order valence-corrected chi connectivity index (χ0v) is 14.9. The average molecular weight is 404 g/mol. The van der Waals surface area contributed by atoms with E-state index in [2.05, 4.69) is 20.5 Å². The van der Waals surface area contributed by atoms with Crippen LogP contribution in [0.15, 0.2) is 40.6 Å². The average Bonchev–Trinajstić information content (AvgIpc) is 3.22. The van der Waals surface area contributed by atoms with Crippen molar-refractivity contribution in [3.8, 4) is 0 Å². The van der Waals surface area contributed by atoms with Gasteiger partial charge in [0.1, 0.15) is 17.7 Å². The van der Waals surface area contributed by atoms with Crippen molar-refractivity contribution in [1.82, 2.24) is 10.4 Å². The van der Waals surface area contributed by atoms with E-state index in [9.17, 15) is 22.0 Å². The Morgan fingerprint density at radius 2 is 1.76 bits per heavy atom. The number of alkyl halides is 3. The van der Waals surface area contributed by atoms with E-state index in [1.54, 1.807) is 6.92 Å². The van der Waals surface area contributed by atoms with Crippen LogP contribution in [0.4, 0.5) is 22.0 Å². The summed E-state index contributed by atoms with van der Waals surface area (Å²) in [6.07, 6.45) is -1.68. The quantitative estimate of drug-likeness (QED) is 0.572. The molecule has 2 aliphatic rings. The first-order chi connectivity index (χ1) is 13.7. The van der Waals surface area contributed by atoms with Crippen LogP contribution in [0.3, 0.4) is 0 Å². The lowest BCUT2D eigenvalue weighted by Gasteiger charge is -2.17. The molecule has 3 aromatic rings. The van der Waals surface area contributed by atoms with Crippen molar-refractivity contribution in [2.45, 2.75) is 25.2 Å². The molecule has 0 saturated heterocycles. The standard InChI is InChI=1S/C20H13F5N4/c1-8-2-12(21)17(13(22)3-8)19-11-6-26-14-5-9(20(23,24)25)4-10(16(11)14)18-15(28-19)7-27-29-18/h2-7,15,18,26,29H,1H3. The molecule has 0 fully saturated rings. The van der Waals surface area contributed by atoms with E-state index in [1.165, 1.54) is 24.5 Å². The predicted octanol–water partition coefficient (Wildman–Crippen LogP) is 4.62. The first kappa shape index (κ1) is 17.8. The Balaban J connectivity index is 1.84. The van der Waals surface area contributed by atoms with Crippen molar-refractivity contribution in [2.75, 3.05) is 0 Å². The summed E-state index contributed by atoms with van der Waals surface area (Å²) < 4.78 is 69.6. The van der Waals surface area contributed by atoms with Crippen LogP contribution in [0.1, 0.15) is 33.9 Å². The molecule has 0 radical (unpaired) electrons. The molecular formula is C20H13F5N4. The van der Waals surface area contributed by atoms with Crippen molar-refractivity contribution in [1.29, 1.82) is 0 Å². The Bertz CT molecular complexity index is 1200. The summed E-state index contributed by atoms with van der Waals surface area (Å²) in [4.78, 5) is 7.28. The van der Waals surface area contributed by atoms with E-state index in [0.717, 1.165) is 12.1 Å². The number of hydrazone groups is 1. The van der Waals surface area contributed by atoms with E-state index in [-0.39, 0.29) is 16.8 Å². The zero-order valence-electron chi connectivity index (χ0n) is 14.9. The lowest BCUT2D eigenvalue weighted by atomic mass is 9.93. The Kier molecular flexibility index (Phi) is 3.62. The Hall–Kier alpha value is -3.23. The second-order valence-electron chi connectivity index (χ2n) is 7.14. The molecule has 2 unspecified atom stereocenters. The minimum absolute atomic E-state index is 0.0370. The van der Waals surface area contributed by atoms with Crippen LogP contribution in [0.2, 0.25) is 0 Å². The number of H-pyrrole nitrogens is 1. The van der Waals surface area contributed by atoms with Gasteiger partial charge in [0.15, 0.2) is 0 Å². The predicted molar refractivity (Wildman–Crippen MR) is 98.2 cm³/mol. The highest BCUT2D eigenvalue weighted by Gasteiger charge is 2.38. The molecule has 4 nitrogen and oxygen atoms in total. The Morgan fingerprint density at radius 3 is 2.45 bits per heavy atom. The minimum atomic E-state index is -4.55. The van der Waals surface area contributed by atoms with Gasteiger partial charge < -0.3 is 10.4 Å². The molecule has 2 aliphatic heterocycles. The maximum Gasteiger partial charge on any atom is 0.416 e. The largest absolute Gasteiger partial charge is 0.416 e. The van der Waals surface area contributed by atoms with Gasteiger partial charge in [-0.05, 0) is 42.3 Å². The van der Waals surface area contributed by atoms with Gasteiger partial charge in [-0.15, -0.1) is 0 Å². The molecule has 2 N–H and O–H groups in total. The molecular weight excluding hydrogens is 391 g/mol. The molecule has 0 amide bonds. The van der Waals surface area contributed by atoms with Crippen LogP contribution in [0, 0.1) is 18.6 Å². The van der Waals surface area contributed by atoms with Crippen molar-refractivity contribution in [3.63, 3.8) is 0 Å². The van der Waals surface area contributed by atoms with Crippen LogP contribution >= 0.6 is 0 Å². The van der Waals surface area contributed by atoms with E-state index in [0.29, 0.717) is 22.1 Å². The number of benzene rings is 2. The molecule has 148 valence electrons. The number of aliphatic imine (C=N–C) groups is 1. The second kappa shape index (κ2) is 5.88. The lowest BCUT2D eigenvalue weighted by Crippen LogP contribution is -2.22. The number of hydrogen-bond acceptors (Lipinski definition) is 3. The van der Waals surface area contributed by atoms with Crippen LogP contribution in [-0.4, -0.2) is 23.0 Å². The number of hydrogen-bond donors (Lipinski definition) is 2. The maximum atomic E-state index is 14.7. The summed E-state index contributed by atoms with van der Waals surface area (Å²) in [5.41, 5.74) is 2.95. The van der Waals surface area contributed by atoms with Crippen LogP contribution in [0.5, 0.6) is 0 Å². The van der Waals surface area contributed by atoms with Gasteiger partial charge in [0, 0.05) is 22.7 Å². The normalized spacial score (nSPS) is 20.4. The van der Waals surface area contributed by atoms with Crippen molar-refractivity contribution < 1.29 is 22.0 Å². The van der Waals surface area contributed by atoms with Gasteiger partial charge in [0.25, 0.3) is 0 Å². The first-order valence-corrected chi connectivity index (χ1v) is 8.79. The van der Waals surface area contributed by atoms with Crippen molar-refractivity contribution in [3.05, 3.63) is 69.9 Å². The number of fused-ring (bicyclic) bond motifs is 2. The number of halogens is 5. The second-order valence-corrected chi connectivity index (χ2v) is 7.14. The lowest BCUT2D eigenvalue weighted by molar-refractivity contribution is -0.137. The highest BCUT2D eigenvalue weighted by molar-refractivity contribution is 6.21. The molecule has 0 saturated carbocycles. The monoisotopic (exact) mass is 404 g/mol. The molecule has 29 heavy (non-hydrogen) atoms. The van der Waals surface area contributed by atoms with Gasteiger partial charge in [0.2, 0.25) is 0 Å². The molecule has 9 heteroatoms. The SMILES string of the molecule is Cc1cc(F)c(C2=NC3C=NNC3c3cc(C(F)(F)F)cc4[nH]cc2c34)c(F)c1. The molecule has 1 aromatic heterocycles. The topological polar surface area (TPSA) is 52.5 Å². The van der Waals surface area contributed by atoms with Crippen LogP contribution < -0.4 is 5.43 Å². The number of nitrogens with zero attached hydrogens (tertiary/aromatic N) is 2. The highest BCUT2D eigenvalue weighted by atomic mass is 19.4. The van der Waals surface area contributed by atoms with Crippen LogP contribution in [-0.2, 0) is 6.18 Å². The number of nitrogens with one attached hydrogen (secondary N) is 2. The van der Waals surface area contributed by atoms with Gasteiger partial charge in [-0.1, -0.05) is 0 Å². The summed E-state index contributed by atoms with van der Waals surface area (Å²) in [5.74, 6) is -1.57. The number of aryl methyl sites for hydroxylation is 1. The number of aromatic nitrogens is 1. The zero-order chi connectivity index (χ0) is 20.5. The van der Waals surface area contributed by atoms with Crippen molar-refractivity contribution in [2.24, 2.45) is 10.1 Å². The summed E-state index contributed by atoms with van der Waals surface area (Å²) in [6.45, 7) is 1.57. The van der Waals surface area contributed by atoms with Crippen molar-refractivity contribution >= 4 is 22.8 Å². The third-order valence-corrected chi connectivity index (χ3v) is 5.21. The molecule has 0 spiro atoms. The van der Waals surface area contributed by atoms with E-state index >= 15 is 0 Å². The third-order valence-electron chi connectivity index (χ3n) is 5.21. The van der Waals surface area contributed by atoms with E-state index < -0.39 is 35.5 Å². The molecule has 0 aliphatic carbocycles. The van der Waals surface area contributed by atoms with Gasteiger partial charge in [0.05, 0.1) is 29.1 Å². The molecule has 0 bridgehead atoms. The van der Waals surface area contributed by atoms with Crippen LogP contribution in [0.25, 0.3) is 10.9 Å².